The van der Waals surface area contributed by atoms with Crippen LogP contribution in [0.25, 0.3) is 0 Å². The van der Waals surface area contributed by atoms with Crippen LogP contribution in [0.1, 0.15) is 23.7 Å². The number of hydrogen-bond donors (Lipinski definition) is 0. The van der Waals surface area contributed by atoms with Crippen LogP contribution < -0.4 is 0 Å². The van der Waals surface area contributed by atoms with Crippen molar-refractivity contribution in [1.29, 1.82) is 0 Å². The summed E-state index contributed by atoms with van der Waals surface area (Å²) in [7, 11) is -3.71. The molecule has 11 nitrogen and oxygen atoms in total. The largest absolute Gasteiger partial charge is 0.340 e. The number of aryl methyl sites for hydroxylation is 1. The smallest absolute Gasteiger partial charge is 0.306 e. The van der Waals surface area contributed by atoms with Crippen molar-refractivity contribution in [2.75, 3.05) is 26.2 Å². The van der Waals surface area contributed by atoms with Crippen LogP contribution >= 0.6 is 0 Å². The van der Waals surface area contributed by atoms with Crippen molar-refractivity contribution in [2.45, 2.75) is 24.8 Å². The van der Waals surface area contributed by atoms with Crippen LogP contribution in [0.2, 0.25) is 0 Å². The van der Waals surface area contributed by atoms with Crippen molar-refractivity contribution in [2.24, 2.45) is 0 Å². The molecule has 1 aromatic carbocycles. The van der Waals surface area contributed by atoms with Gasteiger partial charge in [-0.2, -0.15) is 9.40 Å². The summed E-state index contributed by atoms with van der Waals surface area (Å²) < 4.78 is 28.2. The van der Waals surface area contributed by atoms with Gasteiger partial charge in [0.2, 0.25) is 15.9 Å². The maximum Gasteiger partial charge on any atom is 0.306 e. The van der Waals surface area contributed by atoms with Gasteiger partial charge in [0.25, 0.3) is 0 Å². The average molecular weight is 435 g/mol. The molecule has 30 heavy (non-hydrogen) atoms. The van der Waals surface area contributed by atoms with E-state index in [1.165, 1.54) is 46.4 Å². The molecule has 1 aliphatic heterocycles. The number of hydrogen-bond acceptors (Lipinski definition) is 7. The summed E-state index contributed by atoms with van der Waals surface area (Å²) >= 11 is 0. The van der Waals surface area contributed by atoms with Crippen LogP contribution in [0.4, 0.5) is 5.69 Å². The number of carbonyl (C=O) groups is 2. The molecule has 12 heteroatoms. The standard InChI is InChI=1S/C18H21N5O6S/c1-14(24)15-2-4-17(5-3-15)30(28,29)22-10-8-20(9-11-22)18(25)6-7-21-13-16(12-19-21)23(26)27/h2-5,12-13H,6-11H2,1H3. The lowest BCUT2D eigenvalue weighted by Gasteiger charge is -2.34. The zero-order valence-electron chi connectivity index (χ0n) is 16.3. The van der Waals surface area contributed by atoms with E-state index >= 15 is 0 Å². The Morgan fingerprint density at radius 1 is 1.13 bits per heavy atom. The number of amides is 1. The van der Waals surface area contributed by atoms with Crippen molar-refractivity contribution in [3.63, 3.8) is 0 Å². The number of sulfonamides is 1. The van der Waals surface area contributed by atoms with Gasteiger partial charge in [0.1, 0.15) is 12.4 Å². The minimum Gasteiger partial charge on any atom is -0.340 e. The molecule has 0 N–H and O–H groups in total. The first-order valence-corrected chi connectivity index (χ1v) is 10.7. The normalized spacial score (nSPS) is 15.2. The summed E-state index contributed by atoms with van der Waals surface area (Å²) in [6.45, 7) is 2.44. The molecule has 160 valence electrons. The third kappa shape index (κ3) is 4.71. The SMILES string of the molecule is CC(=O)c1ccc(S(=O)(=O)N2CCN(C(=O)CCn3cc([N+](=O)[O-])cn3)CC2)cc1. The van der Waals surface area contributed by atoms with Gasteiger partial charge < -0.3 is 4.90 Å². The first-order valence-electron chi connectivity index (χ1n) is 9.24. The van der Waals surface area contributed by atoms with Crippen LogP contribution in [-0.4, -0.2) is 70.2 Å². The van der Waals surface area contributed by atoms with Crippen molar-refractivity contribution >= 4 is 27.4 Å². The molecule has 1 fully saturated rings. The van der Waals surface area contributed by atoms with Crippen LogP contribution in [0.3, 0.4) is 0 Å². The minimum absolute atomic E-state index is 0.104. The fourth-order valence-electron chi connectivity index (χ4n) is 3.13. The third-order valence-corrected chi connectivity index (χ3v) is 6.79. The Morgan fingerprint density at radius 3 is 2.30 bits per heavy atom. The van der Waals surface area contributed by atoms with Gasteiger partial charge in [0.05, 0.1) is 9.82 Å². The summed E-state index contributed by atoms with van der Waals surface area (Å²) in [6, 6.07) is 5.78. The van der Waals surface area contributed by atoms with Gasteiger partial charge in [-0.05, 0) is 19.1 Å². The van der Waals surface area contributed by atoms with Crippen LogP contribution in [0.5, 0.6) is 0 Å². The molecule has 3 rings (SSSR count). The highest BCUT2D eigenvalue weighted by Gasteiger charge is 2.30. The molecule has 0 saturated carbocycles. The van der Waals surface area contributed by atoms with Crippen LogP contribution in [-0.2, 0) is 21.4 Å². The topological polar surface area (TPSA) is 136 Å². The zero-order chi connectivity index (χ0) is 21.9. The van der Waals surface area contributed by atoms with Crippen LogP contribution in [0, 0.1) is 10.1 Å². The van der Waals surface area contributed by atoms with Crippen LogP contribution in [0.15, 0.2) is 41.6 Å². The lowest BCUT2D eigenvalue weighted by Crippen LogP contribution is -2.50. The van der Waals surface area contributed by atoms with Gasteiger partial charge in [-0.3, -0.25) is 24.4 Å². The molecule has 1 aromatic heterocycles. The molecule has 1 amide bonds. The number of benzene rings is 1. The summed E-state index contributed by atoms with van der Waals surface area (Å²) in [5, 5.41) is 14.5. The van der Waals surface area contributed by atoms with Crippen molar-refractivity contribution < 1.29 is 22.9 Å². The van der Waals surface area contributed by atoms with Gasteiger partial charge >= 0.3 is 5.69 Å². The second kappa shape index (κ2) is 8.71. The Hall–Kier alpha value is -3.12. The second-order valence-corrected chi connectivity index (χ2v) is 8.77. The van der Waals surface area contributed by atoms with E-state index in [-0.39, 0.29) is 61.4 Å². The van der Waals surface area contributed by atoms with E-state index in [4.69, 9.17) is 0 Å². The fraction of sp³-hybridized carbons (Fsp3) is 0.389. The minimum atomic E-state index is -3.71. The molecular weight excluding hydrogens is 414 g/mol. The number of nitrogens with zero attached hydrogens (tertiary/aromatic N) is 5. The highest BCUT2D eigenvalue weighted by molar-refractivity contribution is 7.89. The van der Waals surface area contributed by atoms with E-state index < -0.39 is 14.9 Å². The maximum absolute atomic E-state index is 12.8. The van der Waals surface area contributed by atoms with Crippen molar-refractivity contribution in [1.82, 2.24) is 19.0 Å². The Kier molecular flexibility index (Phi) is 6.27. The van der Waals surface area contributed by atoms with Gasteiger partial charge in [0, 0.05) is 44.7 Å². The summed E-state index contributed by atoms with van der Waals surface area (Å²) in [5.74, 6) is -0.313. The maximum atomic E-state index is 12.8. The molecule has 0 atom stereocenters. The van der Waals surface area contributed by atoms with Crippen molar-refractivity contribution in [3.05, 3.63) is 52.3 Å². The van der Waals surface area contributed by atoms with Gasteiger partial charge in [-0.15, -0.1) is 0 Å². The second-order valence-electron chi connectivity index (χ2n) is 6.83. The van der Waals surface area contributed by atoms with E-state index in [0.29, 0.717) is 5.56 Å². The summed E-state index contributed by atoms with van der Waals surface area (Å²) in [4.78, 5) is 35.5. The first-order chi connectivity index (χ1) is 14.2. The highest BCUT2D eigenvalue weighted by atomic mass is 32.2. The number of aromatic nitrogens is 2. The Labute approximate surface area is 173 Å². The Balaban J connectivity index is 1.54. The summed E-state index contributed by atoms with van der Waals surface area (Å²) in [6.07, 6.45) is 2.49. The lowest BCUT2D eigenvalue weighted by atomic mass is 10.2. The Morgan fingerprint density at radius 2 is 1.77 bits per heavy atom. The van der Waals surface area contributed by atoms with E-state index in [2.05, 4.69) is 5.10 Å². The molecule has 0 radical (unpaired) electrons. The number of nitro groups is 1. The van der Waals surface area contributed by atoms with Crippen molar-refractivity contribution in [3.8, 4) is 0 Å². The number of ketones is 1. The molecular formula is C18H21N5O6S. The molecule has 0 bridgehead atoms. The van der Waals surface area contributed by atoms with E-state index in [1.54, 1.807) is 4.90 Å². The average Bonchev–Trinajstić information content (AvgIpc) is 3.21. The lowest BCUT2D eigenvalue weighted by molar-refractivity contribution is -0.385. The number of carbonyl (C=O) groups excluding carboxylic acids is 2. The molecule has 1 saturated heterocycles. The first kappa shape index (κ1) is 21.6. The van der Waals surface area contributed by atoms with E-state index in [1.807, 2.05) is 0 Å². The molecule has 0 spiro atoms. The zero-order valence-corrected chi connectivity index (χ0v) is 17.1. The molecule has 2 heterocycles. The number of rotatable bonds is 7. The van der Waals surface area contributed by atoms with Gasteiger partial charge in [0.15, 0.2) is 5.78 Å². The monoisotopic (exact) mass is 435 g/mol. The van der Waals surface area contributed by atoms with E-state index in [9.17, 15) is 28.1 Å². The predicted molar refractivity (Wildman–Crippen MR) is 105 cm³/mol. The Bertz CT molecular complexity index is 1050. The predicted octanol–water partition coefficient (Wildman–Crippen LogP) is 0.917. The van der Waals surface area contributed by atoms with E-state index in [0.717, 1.165) is 6.20 Å². The third-order valence-electron chi connectivity index (χ3n) is 4.88. The molecule has 2 aromatic rings. The number of Topliss-reactive ketones (excluding diaryl/α,β-unsaturated/α-hetero) is 1. The van der Waals surface area contributed by atoms with Gasteiger partial charge in [-0.25, -0.2) is 8.42 Å². The highest BCUT2D eigenvalue weighted by Crippen LogP contribution is 2.19. The molecule has 0 unspecified atom stereocenters. The quantitative estimate of drug-likeness (QED) is 0.358. The number of piperazine rings is 1. The molecule has 1 aliphatic rings. The van der Waals surface area contributed by atoms with Gasteiger partial charge in [-0.1, -0.05) is 12.1 Å². The fourth-order valence-corrected chi connectivity index (χ4v) is 4.55. The summed E-state index contributed by atoms with van der Waals surface area (Å²) in [5.41, 5.74) is 0.296. The molecule has 0 aliphatic carbocycles.